The molecule has 1 aromatic rings. The van der Waals surface area contributed by atoms with Crippen LogP contribution < -0.4 is 0 Å². The molecule has 4 nitrogen and oxygen atoms in total. The van der Waals surface area contributed by atoms with Gasteiger partial charge in [-0.05, 0) is 49.8 Å². The van der Waals surface area contributed by atoms with E-state index in [1.54, 1.807) is 12.1 Å². The Hall–Kier alpha value is -1.46. The van der Waals surface area contributed by atoms with E-state index in [0.717, 1.165) is 24.8 Å². The van der Waals surface area contributed by atoms with Crippen LogP contribution in [-0.2, 0) is 9.53 Å². The van der Waals surface area contributed by atoms with E-state index < -0.39 is 6.10 Å². The van der Waals surface area contributed by atoms with Gasteiger partial charge in [-0.15, -0.1) is 0 Å². The van der Waals surface area contributed by atoms with E-state index in [1.807, 2.05) is 11.8 Å². The van der Waals surface area contributed by atoms with Crippen LogP contribution in [0.3, 0.4) is 0 Å². The molecular formula is C18H26FNO3. The Kier molecular flexibility index (Phi) is 6.99. The zero-order chi connectivity index (χ0) is 16.7. The van der Waals surface area contributed by atoms with Crippen molar-refractivity contribution in [2.45, 2.75) is 38.7 Å². The molecule has 5 heteroatoms. The van der Waals surface area contributed by atoms with Crippen molar-refractivity contribution in [1.29, 1.82) is 0 Å². The average Bonchev–Trinajstić information content (AvgIpc) is 2.59. The van der Waals surface area contributed by atoms with Crippen LogP contribution in [0.4, 0.5) is 4.39 Å². The summed E-state index contributed by atoms with van der Waals surface area (Å²) < 4.78 is 18.2. The third kappa shape index (κ3) is 5.29. The number of aliphatic hydroxyl groups excluding tert-OH is 1. The van der Waals surface area contributed by atoms with Crippen LogP contribution in [0.2, 0.25) is 0 Å². The number of aliphatic hydroxyl groups is 1. The number of benzene rings is 1. The summed E-state index contributed by atoms with van der Waals surface area (Å²) in [5.41, 5.74) is 0.743. The number of likely N-dealkylation sites (tertiary alicyclic amines) is 1. The molecule has 1 atom stereocenters. The van der Waals surface area contributed by atoms with E-state index in [9.17, 15) is 14.3 Å². The largest absolute Gasteiger partial charge is 0.388 e. The van der Waals surface area contributed by atoms with Crippen LogP contribution in [0.5, 0.6) is 0 Å². The van der Waals surface area contributed by atoms with Gasteiger partial charge in [0.15, 0.2) is 0 Å². The summed E-state index contributed by atoms with van der Waals surface area (Å²) in [6.45, 7) is 4.61. The van der Waals surface area contributed by atoms with Crippen LogP contribution in [-0.4, -0.2) is 42.2 Å². The third-order valence-corrected chi connectivity index (χ3v) is 4.43. The van der Waals surface area contributed by atoms with Crippen LogP contribution in [0.15, 0.2) is 24.3 Å². The van der Waals surface area contributed by atoms with Gasteiger partial charge in [0.25, 0.3) is 0 Å². The van der Waals surface area contributed by atoms with Crippen molar-refractivity contribution in [2.75, 3.05) is 26.3 Å². The molecule has 0 spiro atoms. The maximum absolute atomic E-state index is 12.9. The molecule has 1 amide bonds. The molecule has 0 radical (unpaired) electrons. The molecule has 0 aliphatic carbocycles. The Morgan fingerprint density at radius 3 is 2.61 bits per heavy atom. The second-order valence-electron chi connectivity index (χ2n) is 6.02. The summed E-state index contributed by atoms with van der Waals surface area (Å²) in [5, 5.41) is 10.4. The van der Waals surface area contributed by atoms with E-state index in [4.69, 9.17) is 4.74 Å². The summed E-state index contributed by atoms with van der Waals surface area (Å²) in [7, 11) is 0. The lowest BCUT2D eigenvalue weighted by atomic mass is 9.87. The molecule has 1 N–H and O–H groups in total. The SMILES string of the molecule is CCOCCCC(=O)N1CCC([C@H](O)c2ccc(F)cc2)CC1. The highest BCUT2D eigenvalue weighted by atomic mass is 19.1. The lowest BCUT2D eigenvalue weighted by molar-refractivity contribution is -0.133. The number of piperidine rings is 1. The predicted molar refractivity (Wildman–Crippen MR) is 86.4 cm³/mol. The van der Waals surface area contributed by atoms with Gasteiger partial charge in [-0.3, -0.25) is 4.79 Å². The molecule has 1 aliphatic rings. The van der Waals surface area contributed by atoms with Gasteiger partial charge in [-0.25, -0.2) is 4.39 Å². The number of nitrogens with zero attached hydrogens (tertiary/aromatic N) is 1. The minimum absolute atomic E-state index is 0.118. The van der Waals surface area contributed by atoms with Gasteiger partial charge in [-0.2, -0.15) is 0 Å². The summed E-state index contributed by atoms with van der Waals surface area (Å²) in [6, 6.07) is 6.00. The normalized spacial score (nSPS) is 17.3. The highest BCUT2D eigenvalue weighted by molar-refractivity contribution is 5.76. The van der Waals surface area contributed by atoms with Crippen molar-refractivity contribution < 1.29 is 19.0 Å². The number of amides is 1. The monoisotopic (exact) mass is 323 g/mol. The van der Waals surface area contributed by atoms with Gasteiger partial charge < -0.3 is 14.7 Å². The molecule has 1 saturated heterocycles. The Bertz CT molecular complexity index is 484. The van der Waals surface area contributed by atoms with Gasteiger partial charge in [0.05, 0.1) is 6.10 Å². The quantitative estimate of drug-likeness (QED) is 0.785. The first kappa shape index (κ1) is 17.9. The standard InChI is InChI=1S/C18H26FNO3/c1-2-23-13-3-4-17(21)20-11-9-15(10-12-20)18(22)14-5-7-16(19)8-6-14/h5-8,15,18,22H,2-4,9-13H2,1H3/t18-/m1/s1. The lowest BCUT2D eigenvalue weighted by Crippen LogP contribution is -2.39. The summed E-state index contributed by atoms with van der Waals surface area (Å²) in [6.07, 6.45) is 2.23. The Morgan fingerprint density at radius 1 is 1.35 bits per heavy atom. The number of ether oxygens (including phenoxy) is 1. The number of carbonyl (C=O) groups is 1. The van der Waals surface area contributed by atoms with Crippen molar-refractivity contribution in [3.63, 3.8) is 0 Å². The average molecular weight is 323 g/mol. The van der Waals surface area contributed by atoms with Gasteiger partial charge in [0.2, 0.25) is 5.91 Å². The molecule has 0 unspecified atom stereocenters. The molecular weight excluding hydrogens is 297 g/mol. The fraction of sp³-hybridized carbons (Fsp3) is 0.611. The van der Waals surface area contributed by atoms with E-state index in [-0.39, 0.29) is 17.6 Å². The van der Waals surface area contributed by atoms with Crippen molar-refractivity contribution in [3.05, 3.63) is 35.6 Å². The van der Waals surface area contributed by atoms with E-state index in [0.29, 0.717) is 32.7 Å². The van der Waals surface area contributed by atoms with E-state index >= 15 is 0 Å². The van der Waals surface area contributed by atoms with Gasteiger partial charge in [-0.1, -0.05) is 12.1 Å². The minimum Gasteiger partial charge on any atom is -0.388 e. The molecule has 0 aromatic heterocycles. The van der Waals surface area contributed by atoms with Crippen molar-refractivity contribution >= 4 is 5.91 Å². The molecule has 0 saturated carbocycles. The summed E-state index contributed by atoms with van der Waals surface area (Å²) in [4.78, 5) is 14.0. The molecule has 1 aliphatic heterocycles. The minimum atomic E-state index is -0.592. The number of halogens is 1. The van der Waals surface area contributed by atoms with Crippen LogP contribution in [0.1, 0.15) is 44.3 Å². The number of hydrogen-bond donors (Lipinski definition) is 1. The first-order valence-electron chi connectivity index (χ1n) is 8.41. The van der Waals surface area contributed by atoms with E-state index in [1.165, 1.54) is 12.1 Å². The Morgan fingerprint density at radius 2 is 2.00 bits per heavy atom. The lowest BCUT2D eigenvalue weighted by Gasteiger charge is -2.34. The number of rotatable bonds is 7. The van der Waals surface area contributed by atoms with Crippen molar-refractivity contribution in [3.8, 4) is 0 Å². The summed E-state index contributed by atoms with van der Waals surface area (Å²) in [5.74, 6) is -0.0132. The molecule has 1 fully saturated rings. The molecule has 1 aromatic carbocycles. The topological polar surface area (TPSA) is 49.8 Å². The maximum Gasteiger partial charge on any atom is 0.222 e. The molecule has 0 bridgehead atoms. The maximum atomic E-state index is 12.9. The fourth-order valence-electron chi connectivity index (χ4n) is 3.02. The first-order chi connectivity index (χ1) is 11.1. The smallest absolute Gasteiger partial charge is 0.222 e. The second-order valence-corrected chi connectivity index (χ2v) is 6.02. The van der Waals surface area contributed by atoms with Gasteiger partial charge >= 0.3 is 0 Å². The first-order valence-corrected chi connectivity index (χ1v) is 8.41. The van der Waals surface area contributed by atoms with Crippen LogP contribution in [0, 0.1) is 11.7 Å². The Labute approximate surface area is 137 Å². The zero-order valence-corrected chi connectivity index (χ0v) is 13.7. The van der Waals surface area contributed by atoms with Crippen molar-refractivity contribution in [2.24, 2.45) is 5.92 Å². The predicted octanol–water partition coefficient (Wildman–Crippen LogP) is 2.91. The molecule has 23 heavy (non-hydrogen) atoms. The Balaban J connectivity index is 1.76. The van der Waals surface area contributed by atoms with Gasteiger partial charge in [0, 0.05) is 32.7 Å². The van der Waals surface area contributed by atoms with Crippen LogP contribution >= 0.6 is 0 Å². The third-order valence-electron chi connectivity index (χ3n) is 4.43. The van der Waals surface area contributed by atoms with E-state index in [2.05, 4.69) is 0 Å². The molecule has 2 rings (SSSR count). The summed E-state index contributed by atoms with van der Waals surface area (Å²) >= 11 is 0. The highest BCUT2D eigenvalue weighted by Gasteiger charge is 2.28. The number of hydrogen-bond acceptors (Lipinski definition) is 3. The molecule has 1 heterocycles. The van der Waals surface area contributed by atoms with Crippen LogP contribution in [0.25, 0.3) is 0 Å². The highest BCUT2D eigenvalue weighted by Crippen LogP contribution is 2.31. The van der Waals surface area contributed by atoms with Crippen molar-refractivity contribution in [1.82, 2.24) is 4.90 Å². The zero-order valence-electron chi connectivity index (χ0n) is 13.7. The number of carbonyl (C=O) groups excluding carboxylic acids is 1. The second kappa shape index (κ2) is 8.99. The molecule has 128 valence electrons. The van der Waals surface area contributed by atoms with Gasteiger partial charge in [0.1, 0.15) is 5.82 Å². The fourth-order valence-corrected chi connectivity index (χ4v) is 3.02.